The second-order valence-corrected chi connectivity index (χ2v) is 7.26. The Hall–Kier alpha value is -0.775. The minimum atomic E-state index is -0.410. The lowest BCUT2D eigenvalue weighted by Gasteiger charge is -2.32. The summed E-state index contributed by atoms with van der Waals surface area (Å²) in [5.41, 5.74) is 0.178. The van der Waals surface area contributed by atoms with E-state index in [2.05, 4.69) is 9.88 Å². The van der Waals surface area contributed by atoms with Crippen molar-refractivity contribution in [2.24, 2.45) is 0 Å². The third-order valence-corrected chi connectivity index (χ3v) is 5.05. The molecular weight excluding hydrogens is 286 g/mol. The molecule has 0 saturated carbocycles. The van der Waals surface area contributed by atoms with Crippen molar-refractivity contribution in [2.45, 2.75) is 51.7 Å². The van der Waals surface area contributed by atoms with E-state index in [0.717, 1.165) is 24.4 Å². The minimum absolute atomic E-state index is 0.349. The number of nitrogens with zero attached hydrogens (tertiary/aromatic N) is 2. The largest absolute Gasteiger partial charge is 0.496 e. The van der Waals surface area contributed by atoms with Crippen molar-refractivity contribution in [1.29, 1.82) is 0 Å². The van der Waals surface area contributed by atoms with Gasteiger partial charge in [0.25, 0.3) is 0 Å². The lowest BCUT2D eigenvalue weighted by atomic mass is 9.80. The highest BCUT2D eigenvalue weighted by molar-refractivity contribution is 6.62. The molecule has 2 fully saturated rings. The van der Waals surface area contributed by atoms with Gasteiger partial charge in [0.05, 0.1) is 16.2 Å². The van der Waals surface area contributed by atoms with Crippen LogP contribution in [0.2, 0.25) is 5.02 Å². The Kier molecular flexibility index (Phi) is 3.71. The number of hydrogen-bond acceptors (Lipinski definition) is 4. The van der Waals surface area contributed by atoms with Crippen molar-refractivity contribution in [2.75, 3.05) is 18.0 Å². The molecule has 4 nitrogen and oxygen atoms in total. The summed E-state index contributed by atoms with van der Waals surface area (Å²) >= 11 is 6.41. The van der Waals surface area contributed by atoms with Crippen LogP contribution in [0.4, 0.5) is 5.82 Å². The normalized spacial score (nSPS) is 23.9. The van der Waals surface area contributed by atoms with Gasteiger partial charge in [0, 0.05) is 24.7 Å². The van der Waals surface area contributed by atoms with E-state index in [1.54, 1.807) is 0 Å². The van der Waals surface area contributed by atoms with E-state index >= 15 is 0 Å². The van der Waals surface area contributed by atoms with Gasteiger partial charge in [-0.25, -0.2) is 4.98 Å². The zero-order valence-corrected chi connectivity index (χ0v) is 13.9. The predicted molar refractivity (Wildman–Crippen MR) is 86.4 cm³/mol. The molecule has 0 bridgehead atoms. The van der Waals surface area contributed by atoms with Crippen LogP contribution in [-0.2, 0) is 9.31 Å². The summed E-state index contributed by atoms with van der Waals surface area (Å²) in [5, 5.41) is 0.670. The molecule has 0 N–H and O–H groups in total. The summed E-state index contributed by atoms with van der Waals surface area (Å²) in [7, 11) is -0.410. The fourth-order valence-electron chi connectivity index (χ4n) is 2.72. The summed E-state index contributed by atoms with van der Waals surface area (Å²) < 4.78 is 12.1. The van der Waals surface area contributed by atoms with Gasteiger partial charge in [0.2, 0.25) is 0 Å². The highest BCUT2D eigenvalue weighted by Gasteiger charge is 2.51. The first-order valence-corrected chi connectivity index (χ1v) is 7.94. The van der Waals surface area contributed by atoms with Crippen LogP contribution in [0.25, 0.3) is 0 Å². The van der Waals surface area contributed by atoms with Gasteiger partial charge in [0.15, 0.2) is 0 Å². The van der Waals surface area contributed by atoms with Crippen LogP contribution >= 0.6 is 11.6 Å². The topological polar surface area (TPSA) is 34.6 Å². The maximum atomic E-state index is 6.41. The molecule has 2 saturated heterocycles. The molecule has 3 heterocycles. The lowest BCUT2D eigenvalue weighted by molar-refractivity contribution is 0.00578. The molecular formula is C15H22BClN2O2. The first kappa shape index (κ1) is 15.1. The molecule has 21 heavy (non-hydrogen) atoms. The molecule has 2 aliphatic rings. The maximum absolute atomic E-state index is 6.41. The second-order valence-electron chi connectivity index (χ2n) is 6.86. The van der Waals surface area contributed by atoms with Crippen molar-refractivity contribution >= 4 is 30.0 Å². The molecule has 0 aromatic carbocycles. The van der Waals surface area contributed by atoms with Crippen LogP contribution in [0.5, 0.6) is 0 Å². The van der Waals surface area contributed by atoms with Gasteiger partial charge in [-0.15, -0.1) is 0 Å². The molecule has 6 heteroatoms. The van der Waals surface area contributed by atoms with Crippen molar-refractivity contribution in [3.05, 3.63) is 17.3 Å². The van der Waals surface area contributed by atoms with Gasteiger partial charge in [-0.05, 0) is 46.6 Å². The molecule has 0 radical (unpaired) electrons. The van der Waals surface area contributed by atoms with Crippen LogP contribution in [0, 0.1) is 0 Å². The summed E-state index contributed by atoms with van der Waals surface area (Å²) in [6.45, 7) is 10.2. The van der Waals surface area contributed by atoms with Gasteiger partial charge in [-0.3, -0.25) is 0 Å². The average molecular weight is 309 g/mol. The quantitative estimate of drug-likeness (QED) is 0.787. The van der Waals surface area contributed by atoms with Gasteiger partial charge in [0.1, 0.15) is 5.82 Å². The zero-order valence-electron chi connectivity index (χ0n) is 13.1. The SMILES string of the molecule is CC1(C)OB(c2cnc(N3CCCC3)c(Cl)c2)OC1(C)C. The first-order valence-electron chi connectivity index (χ1n) is 7.56. The number of rotatable bonds is 2. The van der Waals surface area contributed by atoms with Crippen molar-refractivity contribution in [3.8, 4) is 0 Å². The second kappa shape index (κ2) is 5.15. The molecule has 1 aromatic heterocycles. The Morgan fingerprint density at radius 2 is 1.71 bits per heavy atom. The fourth-order valence-corrected chi connectivity index (χ4v) is 3.01. The van der Waals surface area contributed by atoms with Crippen LogP contribution < -0.4 is 10.4 Å². The monoisotopic (exact) mass is 308 g/mol. The van der Waals surface area contributed by atoms with Gasteiger partial charge in [-0.1, -0.05) is 11.6 Å². The molecule has 0 amide bonds. The molecule has 0 unspecified atom stereocenters. The summed E-state index contributed by atoms with van der Waals surface area (Å²) in [5.74, 6) is 0.870. The zero-order chi connectivity index (χ0) is 15.3. The Bertz CT molecular complexity index is 528. The van der Waals surface area contributed by atoms with E-state index in [9.17, 15) is 0 Å². The van der Waals surface area contributed by atoms with Crippen LogP contribution in [0.1, 0.15) is 40.5 Å². The van der Waals surface area contributed by atoms with Crippen molar-refractivity contribution < 1.29 is 9.31 Å². The van der Waals surface area contributed by atoms with Crippen molar-refractivity contribution in [3.63, 3.8) is 0 Å². The molecule has 3 rings (SSSR count). The van der Waals surface area contributed by atoms with E-state index in [1.165, 1.54) is 12.8 Å². The smallest absolute Gasteiger partial charge is 0.399 e. The van der Waals surface area contributed by atoms with Crippen LogP contribution in [0.3, 0.4) is 0 Å². The highest BCUT2D eigenvalue weighted by Crippen LogP contribution is 2.36. The van der Waals surface area contributed by atoms with E-state index in [0.29, 0.717) is 5.02 Å². The van der Waals surface area contributed by atoms with E-state index in [-0.39, 0.29) is 11.2 Å². The lowest BCUT2D eigenvalue weighted by Crippen LogP contribution is -2.41. The molecule has 0 spiro atoms. The van der Waals surface area contributed by atoms with Crippen LogP contribution in [-0.4, -0.2) is 36.4 Å². The number of pyridine rings is 1. The number of aromatic nitrogens is 1. The van der Waals surface area contributed by atoms with E-state index in [1.807, 2.05) is 40.0 Å². The van der Waals surface area contributed by atoms with E-state index in [4.69, 9.17) is 20.9 Å². The summed E-state index contributed by atoms with van der Waals surface area (Å²) in [6.07, 6.45) is 4.23. The Labute approximate surface area is 131 Å². The number of anilines is 1. The summed E-state index contributed by atoms with van der Waals surface area (Å²) in [6, 6.07) is 1.92. The Morgan fingerprint density at radius 3 is 2.24 bits per heavy atom. The molecule has 2 aliphatic heterocycles. The third-order valence-electron chi connectivity index (χ3n) is 4.77. The number of halogens is 1. The van der Waals surface area contributed by atoms with Gasteiger partial charge >= 0.3 is 7.12 Å². The Balaban J connectivity index is 1.83. The Morgan fingerprint density at radius 1 is 1.14 bits per heavy atom. The number of hydrogen-bond donors (Lipinski definition) is 0. The molecule has 0 aliphatic carbocycles. The van der Waals surface area contributed by atoms with Crippen molar-refractivity contribution in [1.82, 2.24) is 4.98 Å². The van der Waals surface area contributed by atoms with E-state index < -0.39 is 7.12 Å². The van der Waals surface area contributed by atoms with Gasteiger partial charge < -0.3 is 14.2 Å². The molecule has 1 aromatic rings. The predicted octanol–water partition coefficient (Wildman–Crippen LogP) is 2.63. The fraction of sp³-hybridized carbons (Fsp3) is 0.667. The standard InChI is InChI=1S/C15H22BClN2O2/c1-14(2)15(3,4)21-16(20-14)11-9-12(17)13(18-10-11)19-7-5-6-8-19/h9-10H,5-8H2,1-4H3. The highest BCUT2D eigenvalue weighted by atomic mass is 35.5. The first-order chi connectivity index (χ1) is 9.80. The third kappa shape index (κ3) is 2.67. The van der Waals surface area contributed by atoms with Gasteiger partial charge in [-0.2, -0.15) is 0 Å². The summed E-state index contributed by atoms with van der Waals surface area (Å²) in [4.78, 5) is 6.77. The molecule has 0 atom stereocenters. The molecule has 114 valence electrons. The average Bonchev–Trinajstić information content (AvgIpc) is 2.96. The van der Waals surface area contributed by atoms with Crippen LogP contribution in [0.15, 0.2) is 12.3 Å². The minimum Gasteiger partial charge on any atom is -0.399 e. The maximum Gasteiger partial charge on any atom is 0.496 e.